The maximum Gasteiger partial charge on any atom is 0.352 e. The maximum atomic E-state index is 14.2. The molecule has 0 bridgehead atoms. The SMILES string of the molecule is COCC1=NC(=O)N(C(=O)NCCNC2CCN(c3ccc(F)cc3F)CC2)C(c2ccc(F)c(F)c2)C1C(=O)OC. The lowest BCUT2D eigenvalue weighted by Gasteiger charge is -2.37. The fourth-order valence-electron chi connectivity index (χ4n) is 5.20. The predicted molar refractivity (Wildman–Crippen MR) is 144 cm³/mol. The number of piperidine rings is 1. The van der Waals surface area contributed by atoms with Gasteiger partial charge in [0, 0.05) is 45.4 Å². The Hall–Kier alpha value is -4.04. The third-order valence-electron chi connectivity index (χ3n) is 7.23. The zero-order valence-corrected chi connectivity index (χ0v) is 23.0. The van der Waals surface area contributed by atoms with Crippen LogP contribution in [0.2, 0.25) is 0 Å². The van der Waals surface area contributed by atoms with Crippen LogP contribution >= 0.6 is 0 Å². The summed E-state index contributed by atoms with van der Waals surface area (Å²) in [5.74, 6) is -5.79. The molecule has 0 spiro atoms. The molecular weight excluding hydrogens is 562 g/mol. The van der Waals surface area contributed by atoms with E-state index in [9.17, 15) is 31.9 Å². The average molecular weight is 594 g/mol. The number of ether oxygens (including phenoxy) is 2. The van der Waals surface area contributed by atoms with E-state index in [1.165, 1.54) is 25.3 Å². The molecular formula is C28H31F4N5O5. The lowest BCUT2D eigenvalue weighted by molar-refractivity contribution is -0.144. The number of halogens is 4. The highest BCUT2D eigenvalue weighted by Gasteiger charge is 2.47. The predicted octanol–water partition coefficient (Wildman–Crippen LogP) is 3.56. The normalized spacial score (nSPS) is 19.5. The minimum absolute atomic E-state index is 0.0150. The van der Waals surface area contributed by atoms with Crippen molar-refractivity contribution in [2.24, 2.45) is 10.9 Å². The number of carbonyl (C=O) groups is 3. The Morgan fingerprint density at radius 2 is 1.71 bits per heavy atom. The van der Waals surface area contributed by atoms with Crippen molar-refractivity contribution >= 4 is 29.4 Å². The molecule has 1 saturated heterocycles. The van der Waals surface area contributed by atoms with Gasteiger partial charge in [-0.3, -0.25) is 4.79 Å². The van der Waals surface area contributed by atoms with Crippen LogP contribution in [0.15, 0.2) is 41.4 Å². The monoisotopic (exact) mass is 593 g/mol. The van der Waals surface area contributed by atoms with Gasteiger partial charge in [0.05, 0.1) is 31.2 Å². The standard InChI is InChI=1S/C28H31F4N5O5/c1-41-15-22-24(26(38)42-2)25(16-3-5-19(30)20(31)13-16)37(28(40)35-22)27(39)34-10-9-33-18-7-11-36(12-8-18)23-6-4-17(29)14-21(23)32/h3-6,13-14,18,24-25,33H,7-12,15H2,1-2H3,(H,34,39). The third kappa shape index (κ3) is 6.87. The summed E-state index contributed by atoms with van der Waals surface area (Å²) < 4.78 is 65.2. The maximum absolute atomic E-state index is 14.2. The lowest BCUT2D eigenvalue weighted by atomic mass is 9.86. The average Bonchev–Trinajstić information content (AvgIpc) is 2.96. The van der Waals surface area contributed by atoms with Crippen molar-refractivity contribution in [1.82, 2.24) is 15.5 Å². The molecule has 10 nitrogen and oxygen atoms in total. The van der Waals surface area contributed by atoms with Gasteiger partial charge in [-0.05, 0) is 42.7 Å². The van der Waals surface area contributed by atoms with Gasteiger partial charge in [-0.2, -0.15) is 4.99 Å². The first-order valence-corrected chi connectivity index (χ1v) is 13.3. The summed E-state index contributed by atoms with van der Waals surface area (Å²) in [4.78, 5) is 45.5. The van der Waals surface area contributed by atoms with E-state index in [0.29, 0.717) is 43.1 Å². The van der Waals surface area contributed by atoms with Gasteiger partial charge in [0.15, 0.2) is 11.6 Å². The smallest absolute Gasteiger partial charge is 0.352 e. The molecule has 2 aliphatic rings. The van der Waals surface area contributed by atoms with E-state index in [1.807, 2.05) is 4.90 Å². The van der Waals surface area contributed by atoms with Crippen molar-refractivity contribution < 1.29 is 41.4 Å². The Morgan fingerprint density at radius 3 is 2.36 bits per heavy atom. The lowest BCUT2D eigenvalue weighted by Crippen LogP contribution is -2.54. The first-order valence-electron chi connectivity index (χ1n) is 13.3. The summed E-state index contributed by atoms with van der Waals surface area (Å²) >= 11 is 0. The van der Waals surface area contributed by atoms with Gasteiger partial charge in [0.1, 0.15) is 17.6 Å². The second-order valence-corrected chi connectivity index (χ2v) is 9.85. The molecule has 0 aliphatic carbocycles. The Labute approximate surface area is 239 Å². The summed E-state index contributed by atoms with van der Waals surface area (Å²) in [6.07, 6.45) is 1.34. The fraction of sp³-hybridized carbons (Fsp3) is 0.429. The molecule has 2 heterocycles. The van der Waals surface area contributed by atoms with Crippen LogP contribution < -0.4 is 15.5 Å². The van der Waals surface area contributed by atoms with Gasteiger partial charge in [-0.15, -0.1) is 0 Å². The first-order chi connectivity index (χ1) is 20.1. The highest BCUT2D eigenvalue weighted by atomic mass is 19.2. The Morgan fingerprint density at radius 1 is 0.976 bits per heavy atom. The number of nitrogens with zero attached hydrogens (tertiary/aromatic N) is 3. The number of hydrogen-bond donors (Lipinski definition) is 2. The number of rotatable bonds is 9. The second-order valence-electron chi connectivity index (χ2n) is 9.85. The molecule has 2 unspecified atom stereocenters. The Balaban J connectivity index is 1.40. The number of urea groups is 2. The molecule has 226 valence electrons. The largest absolute Gasteiger partial charge is 0.468 e. The number of amides is 4. The van der Waals surface area contributed by atoms with E-state index in [2.05, 4.69) is 15.6 Å². The molecule has 42 heavy (non-hydrogen) atoms. The number of carbonyl (C=O) groups excluding carboxylic acids is 3. The minimum atomic E-state index is -1.38. The molecule has 0 radical (unpaired) electrons. The molecule has 2 aromatic rings. The van der Waals surface area contributed by atoms with Crippen LogP contribution in [0.25, 0.3) is 0 Å². The molecule has 14 heteroatoms. The van der Waals surface area contributed by atoms with Gasteiger partial charge in [0.25, 0.3) is 0 Å². The number of esters is 1. The van der Waals surface area contributed by atoms with E-state index < -0.39 is 53.3 Å². The molecule has 2 aliphatic heterocycles. The van der Waals surface area contributed by atoms with Gasteiger partial charge in [0.2, 0.25) is 0 Å². The van der Waals surface area contributed by atoms with Crippen LogP contribution in [-0.4, -0.2) is 81.7 Å². The molecule has 2 aromatic carbocycles. The number of methoxy groups -OCH3 is 2. The summed E-state index contributed by atoms with van der Waals surface area (Å²) in [5, 5.41) is 5.90. The van der Waals surface area contributed by atoms with E-state index in [4.69, 9.17) is 9.47 Å². The van der Waals surface area contributed by atoms with Gasteiger partial charge in [-0.25, -0.2) is 32.1 Å². The van der Waals surface area contributed by atoms with Crippen molar-refractivity contribution in [2.75, 3.05) is 51.9 Å². The van der Waals surface area contributed by atoms with Crippen LogP contribution in [0.3, 0.4) is 0 Å². The summed E-state index contributed by atoms with van der Waals surface area (Å²) in [5.41, 5.74) is 0.297. The van der Waals surface area contributed by atoms with E-state index in [0.717, 1.165) is 25.3 Å². The topological polar surface area (TPSA) is 113 Å². The van der Waals surface area contributed by atoms with Crippen LogP contribution in [0.4, 0.5) is 32.8 Å². The Bertz CT molecular complexity index is 1350. The van der Waals surface area contributed by atoms with Gasteiger partial charge >= 0.3 is 18.0 Å². The third-order valence-corrected chi connectivity index (χ3v) is 7.23. The number of benzene rings is 2. The molecule has 1 fully saturated rings. The quantitative estimate of drug-likeness (QED) is 0.260. The Kier molecular flexibility index (Phi) is 10.1. The zero-order valence-electron chi connectivity index (χ0n) is 23.0. The van der Waals surface area contributed by atoms with Crippen LogP contribution in [0, 0.1) is 29.2 Å². The van der Waals surface area contributed by atoms with Gasteiger partial charge in [-0.1, -0.05) is 6.07 Å². The van der Waals surface area contributed by atoms with Gasteiger partial charge < -0.3 is 25.0 Å². The molecule has 0 saturated carbocycles. The number of imide groups is 1. The molecule has 0 aromatic heterocycles. The second kappa shape index (κ2) is 13.7. The van der Waals surface area contributed by atoms with Crippen molar-refractivity contribution in [2.45, 2.75) is 24.9 Å². The number of aliphatic imine (C=N–C) groups is 1. The fourth-order valence-corrected chi connectivity index (χ4v) is 5.20. The van der Waals surface area contributed by atoms with Crippen LogP contribution in [-0.2, 0) is 14.3 Å². The summed E-state index contributed by atoms with van der Waals surface area (Å²) in [7, 11) is 2.44. The number of hydrogen-bond acceptors (Lipinski definition) is 7. The molecule has 4 rings (SSSR count). The summed E-state index contributed by atoms with van der Waals surface area (Å²) in [6, 6.07) is 3.08. The first kappa shape index (κ1) is 30.9. The van der Waals surface area contributed by atoms with Crippen molar-refractivity contribution in [3.8, 4) is 0 Å². The highest BCUT2D eigenvalue weighted by Crippen LogP contribution is 2.36. The van der Waals surface area contributed by atoms with Crippen molar-refractivity contribution in [1.29, 1.82) is 0 Å². The zero-order chi connectivity index (χ0) is 30.4. The van der Waals surface area contributed by atoms with Crippen molar-refractivity contribution in [3.05, 3.63) is 65.2 Å². The molecule has 2 N–H and O–H groups in total. The van der Waals surface area contributed by atoms with Crippen LogP contribution in [0.5, 0.6) is 0 Å². The highest BCUT2D eigenvalue weighted by molar-refractivity contribution is 6.12. The molecule has 4 amide bonds. The minimum Gasteiger partial charge on any atom is -0.468 e. The number of anilines is 1. The number of nitrogens with one attached hydrogen (secondary N) is 2. The van der Waals surface area contributed by atoms with E-state index in [-0.39, 0.29) is 30.5 Å². The molecule has 2 atom stereocenters. The van der Waals surface area contributed by atoms with E-state index >= 15 is 0 Å². The summed E-state index contributed by atoms with van der Waals surface area (Å²) in [6.45, 7) is 1.25. The van der Waals surface area contributed by atoms with E-state index in [1.54, 1.807) is 0 Å². The van der Waals surface area contributed by atoms with Crippen LogP contribution in [0.1, 0.15) is 24.4 Å². The van der Waals surface area contributed by atoms with Crippen molar-refractivity contribution in [3.63, 3.8) is 0 Å².